The summed E-state index contributed by atoms with van der Waals surface area (Å²) < 4.78 is 0.924. The van der Waals surface area contributed by atoms with Gasteiger partial charge < -0.3 is 5.32 Å². The van der Waals surface area contributed by atoms with Gasteiger partial charge in [-0.15, -0.1) is 0 Å². The number of carbonyl (C=O) groups is 1. The fraction of sp³-hybridized carbons (Fsp3) is 0.125. The Bertz CT molecular complexity index is 590. The number of amides is 1. The summed E-state index contributed by atoms with van der Waals surface area (Å²) in [7, 11) is 0. The van der Waals surface area contributed by atoms with Gasteiger partial charge in [-0.2, -0.15) is 0 Å². The third kappa shape index (κ3) is 3.67. The first kappa shape index (κ1) is 13.8. The molecule has 0 bridgehead atoms. The summed E-state index contributed by atoms with van der Waals surface area (Å²) in [6.07, 6.45) is 0. The molecular weight excluding hydrogens is 302 g/mol. The van der Waals surface area contributed by atoms with Crippen molar-refractivity contribution in [2.45, 2.75) is 13.5 Å². The molecular formula is C16H15BrNO. The predicted octanol–water partition coefficient (Wildman–Crippen LogP) is 3.87. The highest BCUT2D eigenvalue weighted by atomic mass is 79.9. The molecule has 0 aliphatic rings. The van der Waals surface area contributed by atoms with Crippen LogP contribution in [0, 0.1) is 13.8 Å². The average Bonchev–Trinajstić information content (AvgIpc) is 2.37. The van der Waals surface area contributed by atoms with Gasteiger partial charge in [-0.25, -0.2) is 0 Å². The maximum atomic E-state index is 12.1. The van der Waals surface area contributed by atoms with E-state index in [2.05, 4.69) is 28.2 Å². The van der Waals surface area contributed by atoms with E-state index in [1.54, 1.807) is 6.07 Å². The van der Waals surface area contributed by atoms with E-state index in [0.29, 0.717) is 12.1 Å². The third-order valence-electron chi connectivity index (χ3n) is 2.89. The minimum Gasteiger partial charge on any atom is -0.348 e. The van der Waals surface area contributed by atoms with E-state index >= 15 is 0 Å². The van der Waals surface area contributed by atoms with Crippen molar-refractivity contribution in [2.75, 3.05) is 0 Å². The zero-order chi connectivity index (χ0) is 13.8. The molecule has 0 aromatic heterocycles. The number of hydrogen-bond acceptors (Lipinski definition) is 1. The van der Waals surface area contributed by atoms with Crippen molar-refractivity contribution in [3.8, 4) is 0 Å². The maximum absolute atomic E-state index is 12.1. The Kier molecular flexibility index (Phi) is 4.38. The summed E-state index contributed by atoms with van der Waals surface area (Å²) in [5.74, 6) is -0.0990. The molecule has 97 valence electrons. The molecule has 0 saturated heterocycles. The first-order valence-corrected chi connectivity index (χ1v) is 6.81. The molecule has 2 rings (SSSR count). The lowest BCUT2D eigenvalue weighted by Gasteiger charge is -2.08. The van der Waals surface area contributed by atoms with Crippen molar-refractivity contribution in [3.05, 3.63) is 76.1 Å². The number of hydrogen-bond donors (Lipinski definition) is 1. The molecule has 2 aromatic rings. The summed E-state index contributed by atoms with van der Waals surface area (Å²) in [5, 5.41) is 2.90. The molecule has 2 nitrogen and oxygen atoms in total. The highest BCUT2D eigenvalue weighted by Gasteiger charge is 2.08. The van der Waals surface area contributed by atoms with Crippen LogP contribution >= 0.6 is 15.9 Å². The molecule has 2 aromatic carbocycles. The molecule has 1 amide bonds. The lowest BCUT2D eigenvalue weighted by molar-refractivity contribution is 0.0950. The van der Waals surface area contributed by atoms with E-state index in [0.717, 1.165) is 15.6 Å². The Morgan fingerprint density at radius 3 is 2.53 bits per heavy atom. The summed E-state index contributed by atoms with van der Waals surface area (Å²) in [6.45, 7) is 6.44. The van der Waals surface area contributed by atoms with Crippen LogP contribution in [0.5, 0.6) is 0 Å². The highest BCUT2D eigenvalue weighted by molar-refractivity contribution is 9.10. The minimum atomic E-state index is -0.0990. The van der Waals surface area contributed by atoms with Crippen molar-refractivity contribution < 1.29 is 4.79 Å². The second kappa shape index (κ2) is 6.02. The number of nitrogens with one attached hydrogen (secondary N) is 1. The number of rotatable bonds is 3. The van der Waals surface area contributed by atoms with Crippen molar-refractivity contribution in [3.63, 3.8) is 0 Å². The molecule has 0 unspecified atom stereocenters. The van der Waals surface area contributed by atoms with Crippen LogP contribution in [0.15, 0.2) is 46.9 Å². The molecule has 0 saturated carbocycles. The molecule has 0 aliphatic heterocycles. The fourth-order valence-electron chi connectivity index (χ4n) is 1.77. The molecule has 0 aliphatic carbocycles. The van der Waals surface area contributed by atoms with Gasteiger partial charge in [-0.05, 0) is 43.2 Å². The van der Waals surface area contributed by atoms with Crippen LogP contribution in [-0.4, -0.2) is 5.91 Å². The number of carbonyl (C=O) groups excluding carboxylic acids is 1. The molecule has 19 heavy (non-hydrogen) atoms. The molecule has 0 heterocycles. The van der Waals surface area contributed by atoms with Gasteiger partial charge in [0, 0.05) is 16.6 Å². The van der Waals surface area contributed by atoms with Crippen LogP contribution in [-0.2, 0) is 6.54 Å². The van der Waals surface area contributed by atoms with E-state index in [1.165, 1.54) is 5.56 Å². The SMILES string of the molecule is [CH2]c1cc(Br)ccc1C(=O)NCc1ccc(C)cc1. The largest absolute Gasteiger partial charge is 0.348 e. The first-order valence-electron chi connectivity index (χ1n) is 6.01. The van der Waals surface area contributed by atoms with Gasteiger partial charge in [-0.3, -0.25) is 4.79 Å². The van der Waals surface area contributed by atoms with Crippen molar-refractivity contribution in [1.29, 1.82) is 0 Å². The van der Waals surface area contributed by atoms with Crippen LogP contribution in [0.2, 0.25) is 0 Å². The highest BCUT2D eigenvalue weighted by Crippen LogP contribution is 2.15. The molecule has 0 atom stereocenters. The molecule has 1 radical (unpaired) electrons. The van der Waals surface area contributed by atoms with Gasteiger partial charge in [0.1, 0.15) is 0 Å². The number of aryl methyl sites for hydroxylation is 1. The van der Waals surface area contributed by atoms with Gasteiger partial charge in [0.15, 0.2) is 0 Å². The second-order valence-corrected chi connectivity index (χ2v) is 5.39. The van der Waals surface area contributed by atoms with Crippen molar-refractivity contribution >= 4 is 21.8 Å². The molecule has 1 N–H and O–H groups in total. The van der Waals surface area contributed by atoms with Crippen molar-refractivity contribution in [1.82, 2.24) is 5.32 Å². The second-order valence-electron chi connectivity index (χ2n) is 4.47. The topological polar surface area (TPSA) is 29.1 Å². The van der Waals surface area contributed by atoms with Gasteiger partial charge in [0.05, 0.1) is 0 Å². The lowest BCUT2D eigenvalue weighted by Crippen LogP contribution is -2.23. The van der Waals surface area contributed by atoms with Gasteiger partial charge in [-0.1, -0.05) is 45.8 Å². The minimum absolute atomic E-state index is 0.0990. The Balaban J connectivity index is 2.03. The zero-order valence-electron chi connectivity index (χ0n) is 10.7. The molecule has 0 fully saturated rings. The summed E-state index contributed by atoms with van der Waals surface area (Å²) in [6, 6.07) is 13.6. The van der Waals surface area contributed by atoms with Crippen molar-refractivity contribution in [2.24, 2.45) is 0 Å². The van der Waals surface area contributed by atoms with Crippen LogP contribution in [0.4, 0.5) is 0 Å². The quantitative estimate of drug-likeness (QED) is 0.915. The predicted molar refractivity (Wildman–Crippen MR) is 81.0 cm³/mol. The Morgan fingerprint density at radius 1 is 1.21 bits per heavy atom. The molecule has 3 heteroatoms. The van der Waals surface area contributed by atoms with E-state index in [-0.39, 0.29) is 5.91 Å². The summed E-state index contributed by atoms with van der Waals surface area (Å²) in [4.78, 5) is 12.1. The fourth-order valence-corrected chi connectivity index (χ4v) is 2.18. The first-order chi connectivity index (χ1) is 9.06. The van der Waals surface area contributed by atoms with Crippen LogP contribution < -0.4 is 5.32 Å². The summed E-state index contributed by atoms with van der Waals surface area (Å²) >= 11 is 3.36. The molecule has 0 spiro atoms. The number of benzene rings is 2. The smallest absolute Gasteiger partial charge is 0.251 e. The normalized spacial score (nSPS) is 10.3. The van der Waals surface area contributed by atoms with Crippen LogP contribution in [0.3, 0.4) is 0 Å². The van der Waals surface area contributed by atoms with E-state index in [4.69, 9.17) is 0 Å². The summed E-state index contributed by atoms with van der Waals surface area (Å²) in [5.41, 5.74) is 3.62. The lowest BCUT2D eigenvalue weighted by atomic mass is 10.1. The van der Waals surface area contributed by atoms with E-state index in [1.807, 2.05) is 43.3 Å². The van der Waals surface area contributed by atoms with E-state index < -0.39 is 0 Å². The van der Waals surface area contributed by atoms with Crippen LogP contribution in [0.25, 0.3) is 0 Å². The maximum Gasteiger partial charge on any atom is 0.251 e. The Morgan fingerprint density at radius 2 is 1.89 bits per heavy atom. The average molecular weight is 317 g/mol. The van der Waals surface area contributed by atoms with Crippen LogP contribution in [0.1, 0.15) is 27.0 Å². The third-order valence-corrected chi connectivity index (χ3v) is 3.38. The Labute approximate surface area is 122 Å². The van der Waals surface area contributed by atoms with Gasteiger partial charge >= 0.3 is 0 Å². The van der Waals surface area contributed by atoms with Gasteiger partial charge in [0.2, 0.25) is 0 Å². The monoisotopic (exact) mass is 316 g/mol. The zero-order valence-corrected chi connectivity index (χ0v) is 12.3. The van der Waals surface area contributed by atoms with E-state index in [9.17, 15) is 4.79 Å². The van der Waals surface area contributed by atoms with Gasteiger partial charge in [0.25, 0.3) is 5.91 Å². The Hall–Kier alpha value is -1.61. The standard InChI is InChI=1S/C16H15BrNO/c1-11-3-5-13(6-4-11)10-18-16(19)15-8-7-14(17)9-12(15)2/h3-9H,2,10H2,1H3,(H,18,19). The number of halogens is 1.